The summed E-state index contributed by atoms with van der Waals surface area (Å²) in [4.78, 5) is 27.8. The molecule has 0 unspecified atom stereocenters. The Morgan fingerprint density at radius 1 is 1.06 bits per heavy atom. The van der Waals surface area contributed by atoms with E-state index < -0.39 is 17.7 Å². The maximum atomic E-state index is 12.6. The minimum atomic E-state index is -0.496. The van der Waals surface area contributed by atoms with Gasteiger partial charge in [-0.1, -0.05) is 41.9 Å². The van der Waals surface area contributed by atoms with Gasteiger partial charge in [-0.2, -0.15) is 0 Å². The predicted molar refractivity (Wildman–Crippen MR) is 126 cm³/mol. The Morgan fingerprint density at radius 2 is 1.81 bits per heavy atom. The van der Waals surface area contributed by atoms with Crippen molar-refractivity contribution in [3.63, 3.8) is 0 Å². The Morgan fingerprint density at radius 3 is 2.56 bits per heavy atom. The van der Waals surface area contributed by atoms with E-state index in [4.69, 9.17) is 16.3 Å². The Balaban J connectivity index is 1.27. The van der Waals surface area contributed by atoms with E-state index in [0.29, 0.717) is 45.5 Å². The average Bonchev–Trinajstić information content (AvgIpc) is 2.80. The number of carbonyl (C=O) groups is 2. The van der Waals surface area contributed by atoms with Crippen LogP contribution in [0.1, 0.15) is 34.3 Å². The number of hydrogen-bond donors (Lipinski definition) is 1. The fourth-order valence-electron chi connectivity index (χ4n) is 4.67. The van der Waals surface area contributed by atoms with Crippen LogP contribution in [-0.4, -0.2) is 58.7 Å². The molecule has 0 bridgehead atoms. The van der Waals surface area contributed by atoms with Gasteiger partial charge in [0.2, 0.25) is 11.6 Å². The van der Waals surface area contributed by atoms with Gasteiger partial charge in [-0.15, -0.1) is 11.8 Å². The van der Waals surface area contributed by atoms with E-state index in [1.807, 2.05) is 30.3 Å². The van der Waals surface area contributed by atoms with Crippen LogP contribution in [0, 0.1) is 0 Å². The number of benzene rings is 2. The minimum absolute atomic E-state index is 0.359. The summed E-state index contributed by atoms with van der Waals surface area (Å²) in [6.07, 6.45) is 1.82. The van der Waals surface area contributed by atoms with Gasteiger partial charge in [0.05, 0.1) is 6.10 Å². The molecule has 2 aliphatic heterocycles. The summed E-state index contributed by atoms with van der Waals surface area (Å²) in [6.45, 7) is 2.24. The lowest BCUT2D eigenvalue weighted by Gasteiger charge is -2.45. The highest BCUT2D eigenvalue weighted by Gasteiger charge is 2.46. The molecule has 1 N–H and O–H groups in total. The zero-order valence-electron chi connectivity index (χ0n) is 17.6. The molecule has 3 aliphatic rings. The lowest BCUT2D eigenvalue weighted by molar-refractivity contribution is -0.111. The average molecular weight is 470 g/mol. The van der Waals surface area contributed by atoms with E-state index in [1.165, 1.54) is 11.8 Å². The van der Waals surface area contributed by atoms with Crippen LogP contribution in [0.5, 0.6) is 0 Å². The largest absolute Gasteiger partial charge is 0.484 e. The number of aliphatic hydroxyl groups excluding tert-OH is 1. The first-order valence-electron chi connectivity index (χ1n) is 10.8. The monoisotopic (exact) mass is 469 g/mol. The molecule has 32 heavy (non-hydrogen) atoms. The quantitative estimate of drug-likeness (QED) is 0.683. The summed E-state index contributed by atoms with van der Waals surface area (Å²) < 4.78 is 6.51. The maximum absolute atomic E-state index is 12.6. The van der Waals surface area contributed by atoms with Crippen molar-refractivity contribution in [2.24, 2.45) is 0 Å². The third kappa shape index (κ3) is 4.13. The third-order valence-electron chi connectivity index (χ3n) is 6.44. The number of β-amino-alcohol motifs (C(OH)–C–C–N with tert-alkyl or cyclic N) is 1. The van der Waals surface area contributed by atoms with Gasteiger partial charge in [-0.25, -0.2) is 0 Å². The molecule has 5 rings (SSSR count). The van der Waals surface area contributed by atoms with Crippen molar-refractivity contribution in [2.45, 2.75) is 31.0 Å². The van der Waals surface area contributed by atoms with Crippen LogP contribution >= 0.6 is 23.4 Å². The number of Topliss-reactive ketones (excluding diaryl/α,β-unsaturated/α-hetero) is 2. The summed E-state index contributed by atoms with van der Waals surface area (Å²) in [6, 6.07) is 15.0. The molecule has 0 aromatic heterocycles. The number of piperidine rings is 1. The van der Waals surface area contributed by atoms with Crippen LogP contribution in [0.25, 0.3) is 5.76 Å². The lowest BCUT2D eigenvalue weighted by Crippen LogP contribution is -2.50. The summed E-state index contributed by atoms with van der Waals surface area (Å²) in [7, 11) is 0. The number of ether oxygens (including phenoxy) is 1. The van der Waals surface area contributed by atoms with Gasteiger partial charge < -0.3 is 14.7 Å². The van der Waals surface area contributed by atoms with Gasteiger partial charge >= 0.3 is 0 Å². The smallest absolute Gasteiger partial charge is 0.243 e. The molecule has 1 aliphatic carbocycles. The first-order valence-corrected chi connectivity index (χ1v) is 12.2. The highest BCUT2D eigenvalue weighted by molar-refractivity contribution is 8.04. The molecule has 0 saturated carbocycles. The molecular weight excluding hydrogens is 446 g/mol. The second-order valence-corrected chi connectivity index (χ2v) is 10.1. The number of allylic oxidation sites excluding steroid dienone is 1. The number of thioether (sulfide) groups is 1. The van der Waals surface area contributed by atoms with Crippen LogP contribution < -0.4 is 0 Å². The third-order valence-corrected chi connectivity index (χ3v) is 8.00. The molecule has 7 heteroatoms. The second-order valence-electron chi connectivity index (χ2n) is 8.72. The first kappa shape index (κ1) is 21.7. The fourth-order valence-corrected chi connectivity index (χ4v) is 6.11. The van der Waals surface area contributed by atoms with E-state index in [9.17, 15) is 14.7 Å². The standard InChI is InChI=1S/C25H24ClNO4S/c26-17-6-7-19-20(13-17)23-24(22(30)21(19)29)32-15-25(31-23)8-10-27(11-9-25)14-18(28)12-16-4-2-1-3-5-16/h1-7,13,18,28H,8-12,14-15H2/t18-/m1/s1. The van der Waals surface area contributed by atoms with Crippen LogP contribution in [0.2, 0.25) is 5.02 Å². The van der Waals surface area contributed by atoms with E-state index >= 15 is 0 Å². The maximum Gasteiger partial charge on any atom is 0.243 e. The predicted octanol–water partition coefficient (Wildman–Crippen LogP) is 3.98. The van der Waals surface area contributed by atoms with Gasteiger partial charge in [-0.05, 0) is 30.2 Å². The first-order chi connectivity index (χ1) is 15.4. The molecule has 5 nitrogen and oxygen atoms in total. The molecule has 1 atom stereocenters. The SMILES string of the molecule is O=C1C(=O)c2ccc(Cl)cc2C2=C1SCC1(CCN(C[C@H](O)Cc3ccccc3)CC1)O2. The van der Waals surface area contributed by atoms with Crippen molar-refractivity contribution in [3.8, 4) is 0 Å². The van der Waals surface area contributed by atoms with Crippen LogP contribution in [0.15, 0.2) is 53.4 Å². The van der Waals surface area contributed by atoms with Crippen molar-refractivity contribution in [2.75, 3.05) is 25.4 Å². The normalized spacial score (nSPS) is 21.2. The zero-order valence-corrected chi connectivity index (χ0v) is 19.1. The number of halogens is 1. The topological polar surface area (TPSA) is 66.8 Å². The highest BCUT2D eigenvalue weighted by Crippen LogP contribution is 2.47. The number of likely N-dealkylation sites (tertiary alicyclic amines) is 1. The molecule has 1 spiro atoms. The Labute approximate surface area is 196 Å². The summed E-state index contributed by atoms with van der Waals surface area (Å²) in [5.74, 6) is 0.156. The molecule has 1 fully saturated rings. The molecule has 2 heterocycles. The van der Waals surface area contributed by atoms with Gasteiger partial charge in [-0.3, -0.25) is 9.59 Å². The molecule has 2 aromatic rings. The van der Waals surface area contributed by atoms with Crippen LogP contribution in [-0.2, 0) is 16.0 Å². The Bertz CT molecular complexity index is 1090. The molecule has 2 aromatic carbocycles. The van der Waals surface area contributed by atoms with E-state index in [-0.39, 0.29) is 5.60 Å². The number of nitrogens with zero attached hydrogens (tertiary/aromatic N) is 1. The van der Waals surface area contributed by atoms with Crippen molar-refractivity contribution in [3.05, 3.63) is 75.1 Å². The number of hydrogen-bond acceptors (Lipinski definition) is 6. The molecule has 0 amide bonds. The molecule has 0 radical (unpaired) electrons. The van der Waals surface area contributed by atoms with Gasteiger partial charge in [0.25, 0.3) is 0 Å². The van der Waals surface area contributed by atoms with Crippen LogP contribution in [0.4, 0.5) is 0 Å². The lowest BCUT2D eigenvalue weighted by atomic mass is 9.89. The Hall–Kier alpha value is -2.12. The van der Waals surface area contributed by atoms with E-state index in [1.54, 1.807) is 18.2 Å². The van der Waals surface area contributed by atoms with Crippen molar-refractivity contribution in [1.82, 2.24) is 4.90 Å². The molecular formula is C25H24ClNO4S. The van der Waals surface area contributed by atoms with E-state index in [0.717, 1.165) is 31.5 Å². The van der Waals surface area contributed by atoms with Crippen molar-refractivity contribution in [1.29, 1.82) is 0 Å². The number of ketones is 2. The number of fused-ring (bicyclic) bond motifs is 2. The van der Waals surface area contributed by atoms with Gasteiger partial charge in [0, 0.05) is 54.4 Å². The molecule has 1 saturated heterocycles. The summed E-state index contributed by atoms with van der Waals surface area (Å²) >= 11 is 7.61. The summed E-state index contributed by atoms with van der Waals surface area (Å²) in [5.41, 5.74) is 1.72. The van der Waals surface area contributed by atoms with Crippen molar-refractivity contribution >= 4 is 40.7 Å². The van der Waals surface area contributed by atoms with Gasteiger partial charge in [0.1, 0.15) is 16.3 Å². The number of aliphatic hydroxyl groups is 1. The number of carbonyl (C=O) groups excluding carboxylic acids is 2. The Kier molecular flexibility index (Phi) is 5.88. The summed E-state index contributed by atoms with van der Waals surface area (Å²) in [5, 5.41) is 11.0. The van der Waals surface area contributed by atoms with Gasteiger partial charge in [0.15, 0.2) is 0 Å². The zero-order chi connectivity index (χ0) is 22.3. The minimum Gasteiger partial charge on any atom is -0.484 e. The van der Waals surface area contributed by atoms with E-state index in [2.05, 4.69) is 4.90 Å². The molecule has 166 valence electrons. The van der Waals surface area contributed by atoms with Crippen molar-refractivity contribution < 1.29 is 19.4 Å². The fraction of sp³-hybridized carbons (Fsp3) is 0.360. The number of rotatable bonds is 4. The highest BCUT2D eigenvalue weighted by atomic mass is 35.5. The second kappa shape index (κ2) is 8.67. The van der Waals surface area contributed by atoms with Crippen LogP contribution in [0.3, 0.4) is 0 Å².